The molecule has 1 aromatic rings. The van der Waals surface area contributed by atoms with Crippen molar-refractivity contribution in [2.24, 2.45) is 0 Å². The summed E-state index contributed by atoms with van der Waals surface area (Å²) in [7, 11) is 1.90. The third-order valence-corrected chi connectivity index (χ3v) is 3.02. The summed E-state index contributed by atoms with van der Waals surface area (Å²) in [6.07, 6.45) is 4.81. The van der Waals surface area contributed by atoms with Gasteiger partial charge in [0.05, 0.1) is 0 Å². The predicted octanol–water partition coefficient (Wildman–Crippen LogP) is 2.07. The van der Waals surface area contributed by atoms with Crippen LogP contribution < -0.4 is 10.2 Å². The summed E-state index contributed by atoms with van der Waals surface area (Å²) in [5, 5.41) is 3.10. The molecule has 88 valence electrons. The zero-order chi connectivity index (χ0) is 11.4. The molecule has 0 radical (unpaired) electrons. The van der Waals surface area contributed by atoms with Gasteiger partial charge in [0.2, 0.25) is 5.95 Å². The smallest absolute Gasteiger partial charge is 0.227 e. The second kappa shape index (κ2) is 5.14. The van der Waals surface area contributed by atoms with Gasteiger partial charge >= 0.3 is 0 Å². The summed E-state index contributed by atoms with van der Waals surface area (Å²) >= 11 is 0. The van der Waals surface area contributed by atoms with E-state index in [0.717, 1.165) is 37.0 Å². The van der Waals surface area contributed by atoms with E-state index >= 15 is 0 Å². The van der Waals surface area contributed by atoms with Crippen LogP contribution in [0.1, 0.15) is 31.9 Å². The van der Waals surface area contributed by atoms with Crippen molar-refractivity contribution in [2.75, 3.05) is 30.4 Å². The van der Waals surface area contributed by atoms with Gasteiger partial charge < -0.3 is 10.2 Å². The molecule has 0 saturated carbocycles. The Morgan fingerprint density at radius 3 is 2.62 bits per heavy atom. The number of piperidine rings is 1. The first-order chi connectivity index (χ1) is 7.83. The van der Waals surface area contributed by atoms with E-state index in [1.54, 1.807) is 0 Å². The summed E-state index contributed by atoms with van der Waals surface area (Å²) in [6, 6.07) is 2.02. The van der Waals surface area contributed by atoms with E-state index in [2.05, 4.69) is 27.1 Å². The number of aromatic nitrogens is 2. The van der Waals surface area contributed by atoms with Crippen LogP contribution in [0.2, 0.25) is 0 Å². The Bertz CT molecular complexity index is 323. The summed E-state index contributed by atoms with van der Waals surface area (Å²) in [4.78, 5) is 11.4. The molecule has 2 heterocycles. The van der Waals surface area contributed by atoms with Crippen LogP contribution in [0.4, 0.5) is 11.8 Å². The fourth-order valence-electron chi connectivity index (χ4n) is 2.03. The molecule has 1 aliphatic rings. The van der Waals surface area contributed by atoms with Gasteiger partial charge in [0.25, 0.3) is 0 Å². The molecular formula is C12H20N4. The van der Waals surface area contributed by atoms with Crippen LogP contribution >= 0.6 is 0 Å². The Kier molecular flexibility index (Phi) is 3.59. The van der Waals surface area contributed by atoms with Crippen molar-refractivity contribution in [1.82, 2.24) is 9.97 Å². The largest absolute Gasteiger partial charge is 0.373 e. The van der Waals surface area contributed by atoms with Crippen LogP contribution in [-0.4, -0.2) is 30.1 Å². The Morgan fingerprint density at radius 2 is 2.00 bits per heavy atom. The summed E-state index contributed by atoms with van der Waals surface area (Å²) in [5.41, 5.74) is 1.11. The number of rotatable bonds is 3. The number of nitrogens with zero attached hydrogens (tertiary/aromatic N) is 3. The minimum absolute atomic E-state index is 0.892. The van der Waals surface area contributed by atoms with Crippen LogP contribution in [0.3, 0.4) is 0 Å². The summed E-state index contributed by atoms with van der Waals surface area (Å²) < 4.78 is 0. The monoisotopic (exact) mass is 220 g/mol. The van der Waals surface area contributed by atoms with E-state index < -0.39 is 0 Å². The van der Waals surface area contributed by atoms with Crippen LogP contribution in [-0.2, 0) is 6.42 Å². The van der Waals surface area contributed by atoms with Crippen molar-refractivity contribution < 1.29 is 0 Å². The molecule has 0 aromatic carbocycles. The van der Waals surface area contributed by atoms with Crippen molar-refractivity contribution in [2.45, 2.75) is 32.6 Å². The van der Waals surface area contributed by atoms with Crippen LogP contribution in [0.15, 0.2) is 6.07 Å². The molecule has 16 heavy (non-hydrogen) atoms. The van der Waals surface area contributed by atoms with Crippen LogP contribution in [0, 0.1) is 0 Å². The number of hydrogen-bond acceptors (Lipinski definition) is 4. The molecule has 1 aliphatic heterocycles. The first-order valence-electron chi connectivity index (χ1n) is 6.14. The van der Waals surface area contributed by atoms with E-state index in [1.165, 1.54) is 19.3 Å². The zero-order valence-electron chi connectivity index (χ0n) is 10.2. The lowest BCUT2D eigenvalue weighted by atomic mass is 10.1. The van der Waals surface area contributed by atoms with Crippen molar-refractivity contribution in [3.8, 4) is 0 Å². The average molecular weight is 220 g/mol. The number of hydrogen-bond donors (Lipinski definition) is 1. The van der Waals surface area contributed by atoms with Gasteiger partial charge in [-0.15, -0.1) is 0 Å². The van der Waals surface area contributed by atoms with Crippen molar-refractivity contribution in [3.05, 3.63) is 11.8 Å². The van der Waals surface area contributed by atoms with E-state index in [-0.39, 0.29) is 0 Å². The van der Waals surface area contributed by atoms with Gasteiger partial charge in [-0.3, -0.25) is 0 Å². The van der Waals surface area contributed by atoms with E-state index in [1.807, 2.05) is 13.1 Å². The molecule has 1 N–H and O–H groups in total. The SMILES string of the molecule is CCc1cc(NC)nc(N2CCCCC2)n1. The minimum Gasteiger partial charge on any atom is -0.373 e. The summed E-state index contributed by atoms with van der Waals surface area (Å²) in [6.45, 7) is 4.31. The molecule has 0 aliphatic carbocycles. The molecule has 1 aromatic heterocycles. The predicted molar refractivity (Wildman–Crippen MR) is 67.0 cm³/mol. The lowest BCUT2D eigenvalue weighted by Crippen LogP contribution is -2.31. The third kappa shape index (κ3) is 2.43. The number of anilines is 2. The van der Waals surface area contributed by atoms with Gasteiger partial charge in [-0.25, -0.2) is 4.98 Å². The van der Waals surface area contributed by atoms with Gasteiger partial charge in [0.1, 0.15) is 5.82 Å². The van der Waals surface area contributed by atoms with E-state index in [4.69, 9.17) is 0 Å². The highest BCUT2D eigenvalue weighted by Crippen LogP contribution is 2.18. The molecule has 0 unspecified atom stereocenters. The van der Waals surface area contributed by atoms with Gasteiger partial charge in [0.15, 0.2) is 0 Å². The number of nitrogens with one attached hydrogen (secondary N) is 1. The Hall–Kier alpha value is -1.32. The Balaban J connectivity index is 2.24. The van der Waals surface area contributed by atoms with Crippen LogP contribution in [0.5, 0.6) is 0 Å². The minimum atomic E-state index is 0.892. The molecule has 4 heteroatoms. The normalized spacial score (nSPS) is 16.2. The maximum atomic E-state index is 4.60. The molecule has 1 saturated heterocycles. The van der Waals surface area contributed by atoms with Crippen LogP contribution in [0.25, 0.3) is 0 Å². The fourth-order valence-corrected chi connectivity index (χ4v) is 2.03. The molecule has 0 spiro atoms. The van der Waals surface area contributed by atoms with Crippen molar-refractivity contribution in [1.29, 1.82) is 0 Å². The first kappa shape index (κ1) is 11.2. The molecule has 0 atom stereocenters. The van der Waals surface area contributed by atoms with Crippen molar-refractivity contribution >= 4 is 11.8 Å². The topological polar surface area (TPSA) is 41.1 Å². The molecule has 2 rings (SSSR count). The zero-order valence-corrected chi connectivity index (χ0v) is 10.2. The van der Waals surface area contributed by atoms with E-state index in [0.29, 0.717) is 0 Å². The average Bonchev–Trinajstić information content (AvgIpc) is 2.39. The Morgan fingerprint density at radius 1 is 1.25 bits per heavy atom. The fraction of sp³-hybridized carbons (Fsp3) is 0.667. The van der Waals surface area contributed by atoms with Crippen molar-refractivity contribution in [3.63, 3.8) is 0 Å². The first-order valence-corrected chi connectivity index (χ1v) is 6.14. The van der Waals surface area contributed by atoms with Gasteiger partial charge in [-0.2, -0.15) is 4.98 Å². The van der Waals surface area contributed by atoms with Gasteiger partial charge in [-0.1, -0.05) is 6.92 Å². The molecular weight excluding hydrogens is 200 g/mol. The maximum Gasteiger partial charge on any atom is 0.227 e. The second-order valence-electron chi connectivity index (χ2n) is 4.20. The lowest BCUT2D eigenvalue weighted by Gasteiger charge is -2.27. The second-order valence-corrected chi connectivity index (χ2v) is 4.20. The highest BCUT2D eigenvalue weighted by Gasteiger charge is 2.14. The highest BCUT2D eigenvalue weighted by atomic mass is 15.3. The molecule has 0 amide bonds. The highest BCUT2D eigenvalue weighted by molar-refractivity contribution is 5.43. The third-order valence-electron chi connectivity index (χ3n) is 3.02. The Labute approximate surface area is 97.1 Å². The van der Waals surface area contributed by atoms with Gasteiger partial charge in [-0.05, 0) is 25.7 Å². The standard InChI is InChI=1S/C12H20N4/c1-3-10-9-11(13-2)15-12(14-10)16-7-5-4-6-8-16/h9H,3-8H2,1-2H3,(H,13,14,15). The van der Waals surface area contributed by atoms with Gasteiger partial charge in [0, 0.05) is 31.9 Å². The number of aryl methyl sites for hydroxylation is 1. The molecule has 1 fully saturated rings. The summed E-state index contributed by atoms with van der Waals surface area (Å²) in [5.74, 6) is 1.82. The quantitative estimate of drug-likeness (QED) is 0.846. The lowest BCUT2D eigenvalue weighted by molar-refractivity contribution is 0.567. The molecule has 4 nitrogen and oxygen atoms in total. The molecule has 0 bridgehead atoms. The maximum absolute atomic E-state index is 4.60. The van der Waals surface area contributed by atoms with E-state index in [9.17, 15) is 0 Å².